The van der Waals surface area contributed by atoms with Gasteiger partial charge in [-0.2, -0.15) is 0 Å². The van der Waals surface area contributed by atoms with E-state index in [1.807, 2.05) is 0 Å². The third-order valence-electron chi connectivity index (χ3n) is 2.07. The Labute approximate surface area is 87.4 Å². The summed E-state index contributed by atoms with van der Waals surface area (Å²) in [7, 11) is -0.762. The summed E-state index contributed by atoms with van der Waals surface area (Å²) < 4.78 is 0. The fraction of sp³-hybridized carbons (Fsp3) is 0.333. The van der Waals surface area contributed by atoms with Gasteiger partial charge in [0.25, 0.3) is 0 Å². The van der Waals surface area contributed by atoms with Crippen LogP contribution < -0.4 is 5.19 Å². The van der Waals surface area contributed by atoms with Crippen LogP contribution in [0, 0.1) is 18.4 Å². The van der Waals surface area contributed by atoms with Crippen LogP contribution in [0.2, 0.25) is 6.04 Å². The van der Waals surface area contributed by atoms with Gasteiger partial charge in [-0.1, -0.05) is 42.7 Å². The molecule has 0 aliphatic rings. The monoisotopic (exact) mass is 203 g/mol. The lowest BCUT2D eigenvalue weighted by Gasteiger charge is -2.05. The molecule has 1 radical (unpaired) electrons. The highest BCUT2D eigenvalue weighted by Crippen LogP contribution is 1.97. The number of rotatable bonds is 2. The Balaban J connectivity index is 2.84. The Morgan fingerprint density at radius 1 is 1.29 bits per heavy atom. The Hall–Kier alpha value is -1.04. The standard InChI is InChI=1S/C12H15OSi/c1-3-14(10-4-9-13)12-7-5-11(2)6-8-12/h5-8,13H,3,9H2,1-2H3. The molecule has 0 spiro atoms. The zero-order valence-corrected chi connectivity index (χ0v) is 9.67. The van der Waals surface area contributed by atoms with Crippen molar-refractivity contribution in [2.75, 3.05) is 6.61 Å². The topological polar surface area (TPSA) is 20.2 Å². The van der Waals surface area contributed by atoms with Gasteiger partial charge in [-0.25, -0.2) is 0 Å². The van der Waals surface area contributed by atoms with Crippen LogP contribution in [0.3, 0.4) is 0 Å². The highest BCUT2D eigenvalue weighted by Gasteiger charge is 2.07. The van der Waals surface area contributed by atoms with E-state index in [1.165, 1.54) is 10.8 Å². The molecule has 14 heavy (non-hydrogen) atoms. The van der Waals surface area contributed by atoms with Crippen molar-refractivity contribution in [1.29, 1.82) is 0 Å². The maximum absolute atomic E-state index is 8.64. The van der Waals surface area contributed by atoms with E-state index in [9.17, 15) is 0 Å². The first-order valence-electron chi connectivity index (χ1n) is 4.80. The Morgan fingerprint density at radius 3 is 2.43 bits per heavy atom. The first-order valence-corrected chi connectivity index (χ1v) is 6.51. The van der Waals surface area contributed by atoms with Crippen LogP contribution in [0.4, 0.5) is 0 Å². The van der Waals surface area contributed by atoms with Gasteiger partial charge in [0.1, 0.15) is 6.61 Å². The third kappa shape index (κ3) is 3.02. The highest BCUT2D eigenvalue weighted by molar-refractivity contribution is 6.80. The molecule has 0 saturated heterocycles. The molecule has 0 unspecified atom stereocenters. The number of hydrogen-bond donors (Lipinski definition) is 1. The van der Waals surface area contributed by atoms with E-state index in [4.69, 9.17) is 5.11 Å². The second-order valence-corrected chi connectivity index (χ2v) is 5.65. The molecule has 73 valence electrons. The van der Waals surface area contributed by atoms with Gasteiger partial charge in [0.2, 0.25) is 0 Å². The molecule has 0 aliphatic heterocycles. The SMILES string of the molecule is CC[Si](C#CCO)c1ccc(C)cc1. The van der Waals surface area contributed by atoms with Crippen LogP contribution in [-0.2, 0) is 0 Å². The summed E-state index contributed by atoms with van der Waals surface area (Å²) in [6.07, 6.45) is 0. The minimum Gasteiger partial charge on any atom is -0.384 e. The lowest BCUT2D eigenvalue weighted by Crippen LogP contribution is -2.27. The molecular formula is C12H15OSi. The van der Waals surface area contributed by atoms with E-state index < -0.39 is 8.80 Å². The van der Waals surface area contributed by atoms with Crippen molar-refractivity contribution in [1.82, 2.24) is 0 Å². The quantitative estimate of drug-likeness (QED) is 0.566. The molecule has 0 saturated carbocycles. The molecule has 1 aromatic carbocycles. The predicted octanol–water partition coefficient (Wildman–Crippen LogP) is 1.25. The lowest BCUT2D eigenvalue weighted by atomic mass is 10.2. The number of aryl methyl sites for hydroxylation is 1. The molecule has 0 fully saturated rings. The number of benzene rings is 1. The minimum atomic E-state index is -0.762. The second kappa shape index (κ2) is 5.64. The van der Waals surface area contributed by atoms with E-state index in [1.54, 1.807) is 0 Å². The fourth-order valence-corrected chi connectivity index (χ4v) is 2.86. The maximum atomic E-state index is 8.64. The van der Waals surface area contributed by atoms with Crippen LogP contribution in [0.1, 0.15) is 12.5 Å². The smallest absolute Gasteiger partial charge is 0.178 e. The Morgan fingerprint density at radius 2 is 1.93 bits per heavy atom. The summed E-state index contributed by atoms with van der Waals surface area (Å²) in [4.78, 5) is 0. The summed E-state index contributed by atoms with van der Waals surface area (Å²) in [5.74, 6) is 2.76. The van der Waals surface area contributed by atoms with Crippen molar-refractivity contribution in [3.05, 3.63) is 29.8 Å². The Bertz CT molecular complexity index is 332. The van der Waals surface area contributed by atoms with Crippen molar-refractivity contribution in [3.8, 4) is 11.5 Å². The molecular weight excluding hydrogens is 188 g/mol. The number of hydrogen-bond acceptors (Lipinski definition) is 1. The van der Waals surface area contributed by atoms with Crippen molar-refractivity contribution < 1.29 is 5.11 Å². The molecule has 2 heteroatoms. The molecule has 0 heterocycles. The summed E-state index contributed by atoms with van der Waals surface area (Å²) in [5, 5.41) is 9.98. The lowest BCUT2D eigenvalue weighted by molar-refractivity contribution is 0.350. The second-order valence-electron chi connectivity index (χ2n) is 3.16. The van der Waals surface area contributed by atoms with Gasteiger partial charge < -0.3 is 5.11 Å². The van der Waals surface area contributed by atoms with Crippen LogP contribution >= 0.6 is 0 Å². The normalized spacial score (nSPS) is 9.71. The molecule has 1 rings (SSSR count). The highest BCUT2D eigenvalue weighted by atomic mass is 28.3. The van der Waals surface area contributed by atoms with Gasteiger partial charge in [0.05, 0.1) is 0 Å². The van der Waals surface area contributed by atoms with Gasteiger partial charge in [-0.05, 0) is 18.2 Å². The zero-order chi connectivity index (χ0) is 10.4. The minimum absolute atomic E-state index is 0.0277. The van der Waals surface area contributed by atoms with Gasteiger partial charge >= 0.3 is 0 Å². The van der Waals surface area contributed by atoms with Crippen LogP contribution in [-0.4, -0.2) is 20.5 Å². The first-order chi connectivity index (χ1) is 6.77. The van der Waals surface area contributed by atoms with E-state index in [2.05, 4.69) is 49.6 Å². The summed E-state index contributed by atoms with van der Waals surface area (Å²) in [6.45, 7) is 4.21. The molecule has 1 N–H and O–H groups in total. The molecule has 0 aliphatic carbocycles. The van der Waals surface area contributed by atoms with Crippen LogP contribution in [0.15, 0.2) is 24.3 Å². The summed E-state index contributed by atoms with van der Waals surface area (Å²) >= 11 is 0. The van der Waals surface area contributed by atoms with Crippen molar-refractivity contribution in [2.24, 2.45) is 0 Å². The zero-order valence-electron chi connectivity index (χ0n) is 8.67. The first kappa shape index (κ1) is 11.0. The van der Waals surface area contributed by atoms with E-state index in [0.29, 0.717) is 0 Å². The predicted molar refractivity (Wildman–Crippen MR) is 61.9 cm³/mol. The molecule has 0 bridgehead atoms. The molecule has 0 amide bonds. The molecule has 0 atom stereocenters. The van der Waals surface area contributed by atoms with Gasteiger partial charge in [-0.15, -0.1) is 5.54 Å². The van der Waals surface area contributed by atoms with E-state index >= 15 is 0 Å². The average molecular weight is 203 g/mol. The molecule has 0 aromatic heterocycles. The van der Waals surface area contributed by atoms with E-state index in [0.717, 1.165) is 6.04 Å². The molecule has 1 aromatic rings. The van der Waals surface area contributed by atoms with Crippen LogP contribution in [0.25, 0.3) is 0 Å². The Kier molecular flexibility index (Phi) is 4.44. The van der Waals surface area contributed by atoms with Crippen molar-refractivity contribution in [2.45, 2.75) is 19.9 Å². The largest absolute Gasteiger partial charge is 0.384 e. The summed E-state index contributed by atoms with van der Waals surface area (Å²) in [5.41, 5.74) is 4.44. The van der Waals surface area contributed by atoms with Gasteiger partial charge in [0.15, 0.2) is 8.80 Å². The third-order valence-corrected chi connectivity index (χ3v) is 4.29. The molecule has 1 nitrogen and oxygen atoms in total. The summed E-state index contributed by atoms with van der Waals surface area (Å²) in [6, 6.07) is 9.63. The number of aliphatic hydroxyl groups excluding tert-OH is 1. The fourth-order valence-electron chi connectivity index (χ4n) is 1.27. The van der Waals surface area contributed by atoms with E-state index in [-0.39, 0.29) is 6.61 Å². The van der Waals surface area contributed by atoms with Crippen molar-refractivity contribution in [3.63, 3.8) is 0 Å². The van der Waals surface area contributed by atoms with Gasteiger partial charge in [0, 0.05) is 0 Å². The maximum Gasteiger partial charge on any atom is 0.178 e. The number of aliphatic hydroxyl groups is 1. The van der Waals surface area contributed by atoms with Gasteiger partial charge in [-0.3, -0.25) is 0 Å². The average Bonchev–Trinajstić information content (AvgIpc) is 2.21. The van der Waals surface area contributed by atoms with Crippen LogP contribution in [0.5, 0.6) is 0 Å². The van der Waals surface area contributed by atoms with Crippen molar-refractivity contribution >= 4 is 14.0 Å².